The molecule has 0 radical (unpaired) electrons. The number of thiazole rings is 2. The lowest BCUT2D eigenvalue weighted by Crippen LogP contribution is -2.40. The third-order valence-corrected chi connectivity index (χ3v) is 9.60. The zero-order valence-electron chi connectivity index (χ0n) is 21.6. The van der Waals surface area contributed by atoms with Crippen molar-refractivity contribution in [1.29, 1.82) is 0 Å². The second-order valence-corrected chi connectivity index (χ2v) is 12.4. The molecule has 1 aromatic carbocycles. The van der Waals surface area contributed by atoms with Gasteiger partial charge in [0.1, 0.15) is 11.6 Å². The van der Waals surface area contributed by atoms with Crippen LogP contribution in [0, 0.1) is 20.8 Å². The number of hydrogen-bond donors (Lipinski definition) is 0. The lowest BCUT2D eigenvalue weighted by Gasteiger charge is -2.35. The van der Waals surface area contributed by atoms with E-state index in [2.05, 4.69) is 39.8 Å². The predicted octanol–water partition coefficient (Wildman–Crippen LogP) is 6.52. The lowest BCUT2D eigenvalue weighted by molar-refractivity contribution is -0.120. The van der Waals surface area contributed by atoms with E-state index in [0.29, 0.717) is 6.42 Å². The molecule has 1 fully saturated rings. The topological polar surface area (TPSA) is 89.9 Å². The zero-order valence-corrected chi connectivity index (χ0v) is 23.2. The smallest absolute Gasteiger partial charge is 0.229 e. The fourth-order valence-corrected chi connectivity index (χ4v) is 7.94. The number of amides is 1. The minimum atomic E-state index is -0.151. The molecule has 1 aliphatic carbocycles. The first-order valence-corrected chi connectivity index (χ1v) is 14.8. The summed E-state index contributed by atoms with van der Waals surface area (Å²) in [7, 11) is 0. The highest BCUT2D eigenvalue weighted by Gasteiger charge is 2.37. The van der Waals surface area contributed by atoms with Gasteiger partial charge in [-0.15, -0.1) is 22.7 Å². The van der Waals surface area contributed by atoms with Crippen molar-refractivity contribution in [2.45, 2.75) is 71.4 Å². The third kappa shape index (κ3) is 3.80. The normalized spacial score (nSPS) is 19.9. The Labute approximate surface area is 228 Å². The molecular weight excluding hydrogens is 516 g/mol. The van der Waals surface area contributed by atoms with E-state index >= 15 is 0 Å². The van der Waals surface area contributed by atoms with Gasteiger partial charge in [-0.1, -0.05) is 11.2 Å². The van der Waals surface area contributed by atoms with Gasteiger partial charge in [-0.25, -0.2) is 15.0 Å². The highest BCUT2D eigenvalue weighted by Crippen LogP contribution is 2.42. The maximum Gasteiger partial charge on any atom is 0.229 e. The molecule has 0 N–H and O–H groups in total. The van der Waals surface area contributed by atoms with Crippen LogP contribution in [-0.2, 0) is 17.6 Å². The Bertz CT molecular complexity index is 1640. The molecule has 1 saturated heterocycles. The Balaban J connectivity index is 1.40. The van der Waals surface area contributed by atoms with E-state index in [1.807, 2.05) is 24.1 Å². The van der Waals surface area contributed by atoms with Crippen LogP contribution in [-0.4, -0.2) is 30.6 Å². The summed E-state index contributed by atoms with van der Waals surface area (Å²) in [5.74, 6) is 1.87. The molecule has 0 bridgehead atoms. The van der Waals surface area contributed by atoms with E-state index in [0.717, 1.165) is 81.7 Å². The summed E-state index contributed by atoms with van der Waals surface area (Å²) in [6.07, 6.45) is 6.91. The summed E-state index contributed by atoms with van der Waals surface area (Å²) < 4.78 is 7.88. The average Bonchev–Trinajstić information content (AvgIpc) is 3.69. The number of imidazole rings is 1. The molecule has 5 heterocycles. The van der Waals surface area contributed by atoms with Crippen LogP contribution in [0.2, 0.25) is 0 Å². The number of hydrogen-bond acceptors (Lipinski definition) is 8. The molecule has 5 aromatic rings. The number of anilines is 1. The predicted molar refractivity (Wildman–Crippen MR) is 149 cm³/mol. The Morgan fingerprint density at radius 3 is 2.79 bits per heavy atom. The monoisotopic (exact) mass is 544 g/mol. The molecule has 8 nitrogen and oxygen atoms in total. The van der Waals surface area contributed by atoms with Gasteiger partial charge in [0.2, 0.25) is 5.91 Å². The van der Waals surface area contributed by atoms with Crippen LogP contribution in [0.15, 0.2) is 34.3 Å². The van der Waals surface area contributed by atoms with E-state index in [4.69, 9.17) is 14.5 Å². The van der Waals surface area contributed by atoms with Gasteiger partial charge in [-0.05, 0) is 64.2 Å². The maximum absolute atomic E-state index is 13.3. The van der Waals surface area contributed by atoms with Gasteiger partial charge in [-0.2, -0.15) is 0 Å². The van der Waals surface area contributed by atoms with Gasteiger partial charge in [0.25, 0.3) is 0 Å². The molecule has 2 unspecified atom stereocenters. The van der Waals surface area contributed by atoms with Crippen molar-refractivity contribution in [3.63, 3.8) is 0 Å². The van der Waals surface area contributed by atoms with E-state index in [1.54, 1.807) is 17.5 Å². The van der Waals surface area contributed by atoms with Crippen LogP contribution >= 0.6 is 22.7 Å². The lowest BCUT2D eigenvalue weighted by atomic mass is 9.95. The second kappa shape index (κ2) is 9.13. The van der Waals surface area contributed by atoms with Crippen molar-refractivity contribution in [1.82, 2.24) is 24.7 Å². The first-order chi connectivity index (χ1) is 18.5. The van der Waals surface area contributed by atoms with Crippen molar-refractivity contribution in [2.24, 2.45) is 0 Å². The first kappa shape index (κ1) is 23.7. The zero-order chi connectivity index (χ0) is 26.0. The molecule has 1 amide bonds. The second-order valence-electron chi connectivity index (χ2n) is 10.2. The Kier molecular flexibility index (Phi) is 5.70. The van der Waals surface area contributed by atoms with Crippen LogP contribution in [0.1, 0.15) is 70.6 Å². The summed E-state index contributed by atoms with van der Waals surface area (Å²) in [5, 5.41) is 7.97. The summed E-state index contributed by atoms with van der Waals surface area (Å²) in [4.78, 5) is 31.1. The van der Waals surface area contributed by atoms with Crippen molar-refractivity contribution < 1.29 is 9.32 Å². The van der Waals surface area contributed by atoms with Crippen molar-refractivity contribution in [2.75, 3.05) is 4.90 Å². The van der Waals surface area contributed by atoms with Crippen LogP contribution < -0.4 is 4.90 Å². The van der Waals surface area contributed by atoms with Crippen molar-refractivity contribution in [3.05, 3.63) is 62.6 Å². The fourth-order valence-electron chi connectivity index (χ4n) is 6.18. The van der Waals surface area contributed by atoms with E-state index in [-0.39, 0.29) is 18.0 Å². The molecule has 194 valence electrons. The molecule has 2 aliphatic rings. The molecule has 10 heteroatoms. The number of nitrogens with zero attached hydrogens (tertiary/aromatic N) is 6. The number of aryl methyl sites for hydroxylation is 4. The molecule has 0 spiro atoms. The van der Waals surface area contributed by atoms with Gasteiger partial charge < -0.3 is 9.09 Å². The summed E-state index contributed by atoms with van der Waals surface area (Å²) in [6.45, 7) is 6.00. The van der Waals surface area contributed by atoms with Crippen LogP contribution in [0.3, 0.4) is 0 Å². The van der Waals surface area contributed by atoms with Crippen molar-refractivity contribution >= 4 is 44.7 Å². The number of benzene rings is 1. The average molecular weight is 545 g/mol. The van der Waals surface area contributed by atoms with Gasteiger partial charge in [0, 0.05) is 40.9 Å². The Morgan fingerprint density at radius 1 is 1.11 bits per heavy atom. The van der Waals surface area contributed by atoms with Gasteiger partial charge in [0.05, 0.1) is 33.5 Å². The SMILES string of the molecule is Cc1nc2c(s1)CC(n1c(C3CCCC(=O)N3c3nccs3)nc3cc(-c4c(C)noc4C)ccc31)CC2. The number of fused-ring (bicyclic) bond motifs is 2. The maximum atomic E-state index is 13.3. The Hall–Kier alpha value is -3.37. The molecule has 0 saturated carbocycles. The molecule has 38 heavy (non-hydrogen) atoms. The number of carbonyl (C=O) groups excluding carboxylic acids is 1. The van der Waals surface area contributed by atoms with Crippen LogP contribution in [0.5, 0.6) is 0 Å². The van der Waals surface area contributed by atoms with E-state index in [1.165, 1.54) is 21.9 Å². The van der Waals surface area contributed by atoms with Crippen LogP contribution in [0.25, 0.3) is 22.2 Å². The summed E-state index contributed by atoms with van der Waals surface area (Å²) in [6, 6.07) is 6.57. The summed E-state index contributed by atoms with van der Waals surface area (Å²) >= 11 is 3.32. The minimum Gasteiger partial charge on any atom is -0.361 e. The Morgan fingerprint density at radius 2 is 2.00 bits per heavy atom. The van der Waals surface area contributed by atoms with Gasteiger partial charge in [-0.3, -0.25) is 9.69 Å². The van der Waals surface area contributed by atoms with Crippen molar-refractivity contribution in [3.8, 4) is 11.1 Å². The number of rotatable bonds is 4. The molecule has 1 aliphatic heterocycles. The molecular formula is C28H28N6O2S2. The molecule has 7 rings (SSSR count). The molecule has 2 atom stereocenters. The van der Waals surface area contributed by atoms with Gasteiger partial charge in [0.15, 0.2) is 5.13 Å². The third-order valence-electron chi connectivity index (χ3n) is 7.80. The number of aromatic nitrogens is 5. The largest absolute Gasteiger partial charge is 0.361 e. The van der Waals surface area contributed by atoms with E-state index in [9.17, 15) is 4.79 Å². The highest BCUT2D eigenvalue weighted by atomic mass is 32.1. The summed E-state index contributed by atoms with van der Waals surface area (Å²) in [5.41, 5.74) is 6.21. The fraction of sp³-hybridized carbons (Fsp3) is 0.393. The number of carbonyl (C=O) groups is 1. The quantitative estimate of drug-likeness (QED) is 0.256. The number of piperidine rings is 1. The molecule has 4 aromatic heterocycles. The highest BCUT2D eigenvalue weighted by molar-refractivity contribution is 7.13. The van der Waals surface area contributed by atoms with Gasteiger partial charge >= 0.3 is 0 Å². The van der Waals surface area contributed by atoms with Crippen LogP contribution in [0.4, 0.5) is 5.13 Å². The first-order valence-electron chi connectivity index (χ1n) is 13.1. The minimum absolute atomic E-state index is 0.121. The van der Waals surface area contributed by atoms with E-state index < -0.39 is 0 Å². The standard InChI is InChI=1S/C28H28N6O2S2/c1-15-26(16(2)36-32-15)18-7-10-22-21(13-18)31-27(23-5-4-6-25(35)34(23)28-29-11-12-37-28)33(22)19-8-9-20-24(14-19)38-17(3)30-20/h7,10-13,19,23H,4-6,8-9,14H2,1-3H3.